The Balaban J connectivity index is 1.81. The highest BCUT2D eigenvalue weighted by atomic mass is 32.1. The molecular formula is C14H19NO2S. The lowest BCUT2D eigenvalue weighted by Crippen LogP contribution is -2.14. The van der Waals surface area contributed by atoms with E-state index in [-0.39, 0.29) is 6.42 Å². The van der Waals surface area contributed by atoms with E-state index in [1.165, 1.54) is 43.4 Å². The number of nitriles is 1. The van der Waals surface area contributed by atoms with Crippen LogP contribution >= 0.6 is 11.3 Å². The second-order valence-electron chi connectivity index (χ2n) is 4.85. The Morgan fingerprint density at radius 1 is 1.39 bits per heavy atom. The summed E-state index contributed by atoms with van der Waals surface area (Å²) in [6, 6.07) is 5.72. The van der Waals surface area contributed by atoms with Crippen LogP contribution in [0.4, 0.5) is 0 Å². The summed E-state index contributed by atoms with van der Waals surface area (Å²) in [5.74, 6) is 0.688. The summed E-state index contributed by atoms with van der Waals surface area (Å²) in [6.45, 7) is 0.786. The maximum atomic E-state index is 9.68. The van der Waals surface area contributed by atoms with Crippen molar-refractivity contribution in [2.75, 3.05) is 6.61 Å². The largest absolute Gasteiger partial charge is 0.484 e. The molecule has 1 saturated carbocycles. The van der Waals surface area contributed by atoms with Gasteiger partial charge in [-0.2, -0.15) is 5.26 Å². The number of aliphatic hydroxyl groups excluding tert-OH is 1. The number of thiophene rings is 1. The summed E-state index contributed by atoms with van der Waals surface area (Å²) in [6.07, 6.45) is 6.02. The smallest absolute Gasteiger partial charge is 0.174 e. The Labute approximate surface area is 112 Å². The van der Waals surface area contributed by atoms with E-state index in [0.29, 0.717) is 5.92 Å². The molecule has 0 amide bonds. The molecule has 0 radical (unpaired) electrons. The van der Waals surface area contributed by atoms with Gasteiger partial charge in [-0.1, -0.05) is 19.3 Å². The maximum Gasteiger partial charge on any atom is 0.174 e. The van der Waals surface area contributed by atoms with Crippen molar-refractivity contribution in [1.29, 1.82) is 5.26 Å². The van der Waals surface area contributed by atoms with Gasteiger partial charge < -0.3 is 9.84 Å². The Morgan fingerprint density at radius 2 is 2.17 bits per heavy atom. The first-order valence-electron chi connectivity index (χ1n) is 6.57. The monoisotopic (exact) mass is 265 g/mol. The molecule has 1 aliphatic rings. The number of ether oxygens (including phenoxy) is 1. The van der Waals surface area contributed by atoms with Crippen molar-refractivity contribution < 1.29 is 9.84 Å². The van der Waals surface area contributed by atoms with Crippen molar-refractivity contribution in [3.8, 4) is 11.1 Å². The van der Waals surface area contributed by atoms with Crippen LogP contribution in [0.2, 0.25) is 0 Å². The normalized spacial score (nSPS) is 18.2. The second kappa shape index (κ2) is 6.77. The van der Waals surface area contributed by atoms with Crippen molar-refractivity contribution in [3.63, 3.8) is 0 Å². The average Bonchev–Trinajstić information content (AvgIpc) is 2.87. The molecule has 0 aliphatic heterocycles. The number of rotatable bonds is 5. The maximum absolute atomic E-state index is 9.68. The zero-order valence-corrected chi connectivity index (χ0v) is 11.3. The van der Waals surface area contributed by atoms with Crippen LogP contribution in [0.15, 0.2) is 12.1 Å². The first kappa shape index (κ1) is 13.4. The Morgan fingerprint density at radius 3 is 2.89 bits per heavy atom. The molecule has 2 rings (SSSR count). The fourth-order valence-corrected chi connectivity index (χ4v) is 3.18. The van der Waals surface area contributed by atoms with Crippen LogP contribution in [0, 0.1) is 17.2 Å². The Hall–Kier alpha value is -1.05. The van der Waals surface area contributed by atoms with Crippen LogP contribution < -0.4 is 4.74 Å². The third-order valence-electron chi connectivity index (χ3n) is 3.40. The van der Waals surface area contributed by atoms with Gasteiger partial charge in [0.05, 0.1) is 19.1 Å². The Kier molecular flexibility index (Phi) is 5.03. The zero-order valence-electron chi connectivity index (χ0n) is 10.5. The van der Waals surface area contributed by atoms with Gasteiger partial charge in [-0.25, -0.2) is 0 Å². The molecule has 18 heavy (non-hydrogen) atoms. The molecule has 1 aromatic heterocycles. The molecule has 1 aromatic rings. The first-order valence-corrected chi connectivity index (χ1v) is 7.39. The predicted octanol–water partition coefficient (Wildman–Crippen LogP) is 3.65. The minimum absolute atomic E-state index is 0.141. The van der Waals surface area contributed by atoms with Gasteiger partial charge in [-0.3, -0.25) is 0 Å². The van der Waals surface area contributed by atoms with Gasteiger partial charge in [0.2, 0.25) is 0 Å². The van der Waals surface area contributed by atoms with Crippen molar-refractivity contribution in [3.05, 3.63) is 17.0 Å². The lowest BCUT2D eigenvalue weighted by Gasteiger charge is -2.21. The highest BCUT2D eigenvalue weighted by molar-refractivity contribution is 7.13. The molecule has 3 nitrogen and oxygen atoms in total. The van der Waals surface area contributed by atoms with Crippen LogP contribution in [0.3, 0.4) is 0 Å². The van der Waals surface area contributed by atoms with Gasteiger partial charge in [-0.15, -0.1) is 11.3 Å². The molecule has 0 bridgehead atoms. The fraction of sp³-hybridized carbons (Fsp3) is 0.643. The SMILES string of the molecule is N#CC[C@@H](O)c1ccc(OCC2CCCCC2)s1. The molecule has 0 aromatic carbocycles. The van der Waals surface area contributed by atoms with Crippen molar-refractivity contribution >= 4 is 11.3 Å². The number of aliphatic hydroxyl groups is 1. The molecule has 4 heteroatoms. The van der Waals surface area contributed by atoms with E-state index < -0.39 is 6.10 Å². The highest BCUT2D eigenvalue weighted by Crippen LogP contribution is 2.32. The fourth-order valence-electron chi connectivity index (χ4n) is 2.33. The van der Waals surface area contributed by atoms with Gasteiger partial charge >= 0.3 is 0 Å². The van der Waals surface area contributed by atoms with E-state index in [2.05, 4.69) is 0 Å². The standard InChI is InChI=1S/C14H19NO2S/c15-9-8-12(16)13-6-7-14(18-13)17-10-11-4-2-1-3-5-11/h6-7,11-12,16H,1-5,8,10H2/t12-/m1/s1. The summed E-state index contributed by atoms with van der Waals surface area (Å²) < 4.78 is 5.78. The van der Waals surface area contributed by atoms with Gasteiger partial charge in [0.15, 0.2) is 5.06 Å². The van der Waals surface area contributed by atoms with E-state index >= 15 is 0 Å². The predicted molar refractivity (Wildman–Crippen MR) is 71.6 cm³/mol. The number of nitrogens with zero attached hydrogens (tertiary/aromatic N) is 1. The molecule has 1 atom stereocenters. The second-order valence-corrected chi connectivity index (χ2v) is 5.93. The van der Waals surface area contributed by atoms with Crippen molar-refractivity contribution in [2.45, 2.75) is 44.6 Å². The van der Waals surface area contributed by atoms with Crippen LogP contribution in [-0.2, 0) is 0 Å². The Bertz CT molecular complexity index is 404. The van der Waals surface area contributed by atoms with Gasteiger partial charge in [0.25, 0.3) is 0 Å². The summed E-state index contributed by atoms with van der Waals surface area (Å²) in [7, 11) is 0. The number of hydrogen-bond donors (Lipinski definition) is 1. The van der Waals surface area contributed by atoms with E-state index in [1.54, 1.807) is 0 Å². The minimum Gasteiger partial charge on any atom is -0.484 e. The molecule has 0 spiro atoms. The van der Waals surface area contributed by atoms with Gasteiger partial charge in [0, 0.05) is 4.88 Å². The molecular weight excluding hydrogens is 246 g/mol. The van der Waals surface area contributed by atoms with Gasteiger partial charge in [0.1, 0.15) is 6.10 Å². The van der Waals surface area contributed by atoms with Crippen molar-refractivity contribution in [1.82, 2.24) is 0 Å². The molecule has 0 saturated heterocycles. The molecule has 1 aliphatic carbocycles. The third-order valence-corrected chi connectivity index (χ3v) is 4.50. The van der Waals surface area contributed by atoms with Crippen LogP contribution in [0.5, 0.6) is 5.06 Å². The lowest BCUT2D eigenvalue weighted by atomic mass is 9.90. The zero-order chi connectivity index (χ0) is 12.8. The summed E-state index contributed by atoms with van der Waals surface area (Å²) >= 11 is 1.45. The summed E-state index contributed by atoms with van der Waals surface area (Å²) in [5.41, 5.74) is 0. The average molecular weight is 265 g/mol. The van der Waals surface area contributed by atoms with Gasteiger partial charge in [-0.05, 0) is 30.9 Å². The minimum atomic E-state index is -0.674. The van der Waals surface area contributed by atoms with Crippen LogP contribution in [0.1, 0.15) is 49.5 Å². The highest BCUT2D eigenvalue weighted by Gasteiger charge is 2.15. The quantitative estimate of drug-likeness (QED) is 0.884. The summed E-state index contributed by atoms with van der Waals surface area (Å²) in [4.78, 5) is 0.815. The molecule has 1 heterocycles. The van der Waals surface area contributed by atoms with E-state index in [4.69, 9.17) is 10.00 Å². The number of hydrogen-bond acceptors (Lipinski definition) is 4. The first-order chi connectivity index (χ1) is 8.79. The molecule has 98 valence electrons. The molecule has 1 fully saturated rings. The van der Waals surface area contributed by atoms with E-state index in [0.717, 1.165) is 16.5 Å². The summed E-state index contributed by atoms with van der Waals surface area (Å²) in [5, 5.41) is 19.1. The van der Waals surface area contributed by atoms with E-state index in [1.807, 2.05) is 18.2 Å². The lowest BCUT2D eigenvalue weighted by molar-refractivity contribution is 0.187. The molecule has 0 unspecified atom stereocenters. The van der Waals surface area contributed by atoms with E-state index in [9.17, 15) is 5.11 Å². The third kappa shape index (κ3) is 3.72. The van der Waals surface area contributed by atoms with Crippen LogP contribution in [-0.4, -0.2) is 11.7 Å². The topological polar surface area (TPSA) is 53.2 Å². The molecule has 1 N–H and O–H groups in total. The van der Waals surface area contributed by atoms with Crippen LogP contribution in [0.25, 0.3) is 0 Å². The van der Waals surface area contributed by atoms with Crippen molar-refractivity contribution in [2.24, 2.45) is 5.92 Å².